The van der Waals surface area contributed by atoms with Crippen LogP contribution < -0.4 is 15.5 Å². The molecule has 0 fully saturated rings. The van der Waals surface area contributed by atoms with Gasteiger partial charge in [-0.05, 0) is 25.0 Å². The summed E-state index contributed by atoms with van der Waals surface area (Å²) in [6.07, 6.45) is -3.73. The summed E-state index contributed by atoms with van der Waals surface area (Å²) in [5.41, 5.74) is 2.00. The first-order valence-corrected chi connectivity index (χ1v) is 6.75. The molecular weight excluding hydrogens is 299 g/mol. The molecule has 0 saturated heterocycles. The molecule has 0 bridgehead atoms. The molecule has 22 heavy (non-hydrogen) atoms. The minimum atomic E-state index is -4.51. The number of anilines is 1. The lowest BCUT2D eigenvalue weighted by atomic mass is 10.1. The van der Waals surface area contributed by atoms with Gasteiger partial charge in [-0.1, -0.05) is 18.2 Å². The summed E-state index contributed by atoms with van der Waals surface area (Å²) in [6, 6.07) is 6.51. The number of imide groups is 1. The van der Waals surface area contributed by atoms with Crippen LogP contribution >= 0.6 is 0 Å². The number of benzene rings is 1. The van der Waals surface area contributed by atoms with Crippen LogP contribution in [0.5, 0.6) is 0 Å². The van der Waals surface area contributed by atoms with Gasteiger partial charge in [-0.25, -0.2) is 4.79 Å². The predicted molar refractivity (Wildman–Crippen MR) is 74.6 cm³/mol. The molecule has 0 saturated carbocycles. The van der Waals surface area contributed by atoms with Gasteiger partial charge < -0.3 is 10.2 Å². The Morgan fingerprint density at radius 3 is 2.68 bits per heavy atom. The van der Waals surface area contributed by atoms with Crippen LogP contribution in [0.3, 0.4) is 0 Å². The van der Waals surface area contributed by atoms with E-state index in [9.17, 15) is 22.8 Å². The number of fused-ring (bicyclic) bond motifs is 1. The van der Waals surface area contributed by atoms with Gasteiger partial charge in [0, 0.05) is 11.7 Å². The van der Waals surface area contributed by atoms with Crippen LogP contribution in [0.25, 0.3) is 0 Å². The van der Waals surface area contributed by atoms with Crippen molar-refractivity contribution in [2.24, 2.45) is 0 Å². The molecular formula is C14H16F3N3O2. The molecule has 5 nitrogen and oxygen atoms in total. The van der Waals surface area contributed by atoms with Crippen molar-refractivity contribution in [2.75, 3.05) is 18.0 Å². The summed E-state index contributed by atoms with van der Waals surface area (Å²) in [5, 5.41) is 3.49. The van der Waals surface area contributed by atoms with Gasteiger partial charge in [-0.2, -0.15) is 13.2 Å². The highest BCUT2D eigenvalue weighted by Crippen LogP contribution is 2.31. The first-order chi connectivity index (χ1) is 10.3. The Morgan fingerprint density at radius 2 is 2.00 bits per heavy atom. The number of hydrogen-bond acceptors (Lipinski definition) is 3. The van der Waals surface area contributed by atoms with Crippen molar-refractivity contribution < 1.29 is 22.8 Å². The second kappa shape index (κ2) is 6.25. The van der Waals surface area contributed by atoms with E-state index in [1.54, 1.807) is 5.32 Å². The van der Waals surface area contributed by atoms with Crippen molar-refractivity contribution in [3.8, 4) is 0 Å². The second-order valence-corrected chi connectivity index (χ2v) is 5.16. The second-order valence-electron chi connectivity index (χ2n) is 5.16. The van der Waals surface area contributed by atoms with E-state index in [1.807, 2.05) is 41.4 Å². The van der Waals surface area contributed by atoms with Crippen LogP contribution in [0.15, 0.2) is 24.3 Å². The Hall–Kier alpha value is -2.25. The molecule has 3 amide bonds. The molecule has 1 aliphatic rings. The Kier molecular flexibility index (Phi) is 4.58. The normalized spacial score (nSPS) is 17.1. The highest BCUT2D eigenvalue weighted by atomic mass is 19.4. The Labute approximate surface area is 125 Å². The van der Waals surface area contributed by atoms with E-state index in [0.29, 0.717) is 0 Å². The van der Waals surface area contributed by atoms with Crippen LogP contribution in [-0.4, -0.2) is 37.2 Å². The molecule has 2 rings (SSSR count). The Bertz CT molecular complexity index is 575. The van der Waals surface area contributed by atoms with Gasteiger partial charge in [0.25, 0.3) is 0 Å². The SMILES string of the molecule is C[C@H]1Cc2ccccc2N1CC(=O)NC(=O)NCC(F)(F)F. The summed E-state index contributed by atoms with van der Waals surface area (Å²) in [7, 11) is 0. The first kappa shape index (κ1) is 16.1. The number of nitrogens with one attached hydrogen (secondary N) is 2. The minimum Gasteiger partial charge on any atom is -0.359 e. The summed E-state index contributed by atoms with van der Waals surface area (Å²) in [4.78, 5) is 24.9. The van der Waals surface area contributed by atoms with Crippen molar-refractivity contribution in [1.29, 1.82) is 0 Å². The number of hydrogen-bond donors (Lipinski definition) is 2. The van der Waals surface area contributed by atoms with Crippen molar-refractivity contribution in [1.82, 2.24) is 10.6 Å². The maximum absolute atomic E-state index is 12.0. The number of para-hydroxylation sites is 1. The molecule has 1 aromatic rings. The number of carbonyl (C=O) groups is 2. The maximum atomic E-state index is 12.0. The fraction of sp³-hybridized carbons (Fsp3) is 0.429. The van der Waals surface area contributed by atoms with Gasteiger partial charge in [0.15, 0.2) is 0 Å². The monoisotopic (exact) mass is 315 g/mol. The van der Waals surface area contributed by atoms with Crippen molar-refractivity contribution in [3.05, 3.63) is 29.8 Å². The molecule has 0 spiro atoms. The van der Waals surface area contributed by atoms with E-state index >= 15 is 0 Å². The smallest absolute Gasteiger partial charge is 0.359 e. The highest BCUT2D eigenvalue weighted by molar-refractivity contribution is 5.96. The predicted octanol–water partition coefficient (Wildman–Crippen LogP) is 1.83. The molecule has 0 radical (unpaired) electrons. The molecule has 0 aliphatic carbocycles. The first-order valence-electron chi connectivity index (χ1n) is 6.75. The number of carbonyl (C=O) groups excluding carboxylic acids is 2. The van der Waals surface area contributed by atoms with E-state index in [4.69, 9.17) is 0 Å². The van der Waals surface area contributed by atoms with Crippen molar-refractivity contribution in [2.45, 2.75) is 25.6 Å². The lowest BCUT2D eigenvalue weighted by molar-refractivity contribution is -0.124. The van der Waals surface area contributed by atoms with E-state index in [0.717, 1.165) is 17.7 Å². The van der Waals surface area contributed by atoms with Crippen molar-refractivity contribution in [3.63, 3.8) is 0 Å². The fourth-order valence-corrected chi connectivity index (χ4v) is 2.42. The molecule has 1 aliphatic heterocycles. The Balaban J connectivity index is 1.89. The van der Waals surface area contributed by atoms with Crippen LogP contribution in [-0.2, 0) is 11.2 Å². The molecule has 1 heterocycles. The van der Waals surface area contributed by atoms with Crippen LogP contribution in [0.4, 0.5) is 23.7 Å². The quantitative estimate of drug-likeness (QED) is 0.894. The zero-order valence-electron chi connectivity index (χ0n) is 11.9. The third-order valence-electron chi connectivity index (χ3n) is 3.36. The van der Waals surface area contributed by atoms with Crippen LogP contribution in [0.1, 0.15) is 12.5 Å². The average molecular weight is 315 g/mol. The average Bonchev–Trinajstić information content (AvgIpc) is 2.72. The number of halogens is 3. The van der Waals surface area contributed by atoms with E-state index in [2.05, 4.69) is 0 Å². The lowest BCUT2D eigenvalue weighted by Gasteiger charge is -2.24. The third kappa shape index (κ3) is 4.12. The third-order valence-corrected chi connectivity index (χ3v) is 3.36. The summed E-state index contributed by atoms with van der Waals surface area (Å²) < 4.78 is 35.9. The van der Waals surface area contributed by atoms with Crippen LogP contribution in [0.2, 0.25) is 0 Å². The van der Waals surface area contributed by atoms with Gasteiger partial charge in [0.2, 0.25) is 5.91 Å². The molecule has 0 unspecified atom stereocenters. The molecule has 2 N–H and O–H groups in total. The van der Waals surface area contributed by atoms with E-state index in [1.165, 1.54) is 0 Å². The molecule has 8 heteroatoms. The molecule has 0 aromatic heterocycles. The molecule has 1 aromatic carbocycles. The van der Waals surface area contributed by atoms with Gasteiger partial charge in [-0.3, -0.25) is 10.1 Å². The number of nitrogens with zero attached hydrogens (tertiary/aromatic N) is 1. The number of alkyl halides is 3. The zero-order chi connectivity index (χ0) is 16.3. The number of urea groups is 1. The standard InChI is InChI=1S/C14H16F3N3O2/c1-9-6-10-4-2-3-5-11(10)20(9)7-12(21)19-13(22)18-8-14(15,16)17/h2-5,9H,6-8H2,1H3,(H2,18,19,21,22)/t9-/m0/s1. The van der Waals surface area contributed by atoms with Gasteiger partial charge in [-0.15, -0.1) is 0 Å². The molecule has 120 valence electrons. The summed E-state index contributed by atoms with van der Waals surface area (Å²) in [6.45, 7) is 0.379. The number of rotatable bonds is 3. The summed E-state index contributed by atoms with van der Waals surface area (Å²) >= 11 is 0. The fourth-order valence-electron chi connectivity index (χ4n) is 2.42. The van der Waals surface area contributed by atoms with Crippen molar-refractivity contribution >= 4 is 17.6 Å². The number of amides is 3. The van der Waals surface area contributed by atoms with Gasteiger partial charge >= 0.3 is 12.2 Å². The van der Waals surface area contributed by atoms with Gasteiger partial charge in [0.05, 0.1) is 6.54 Å². The highest BCUT2D eigenvalue weighted by Gasteiger charge is 2.29. The largest absolute Gasteiger partial charge is 0.405 e. The van der Waals surface area contributed by atoms with E-state index in [-0.39, 0.29) is 12.6 Å². The van der Waals surface area contributed by atoms with E-state index < -0.39 is 24.7 Å². The van der Waals surface area contributed by atoms with Gasteiger partial charge in [0.1, 0.15) is 6.54 Å². The minimum absolute atomic E-state index is 0.0846. The topological polar surface area (TPSA) is 61.4 Å². The molecule has 1 atom stereocenters. The summed E-state index contributed by atoms with van der Waals surface area (Å²) in [5.74, 6) is -0.650. The Morgan fingerprint density at radius 1 is 1.32 bits per heavy atom. The maximum Gasteiger partial charge on any atom is 0.405 e. The zero-order valence-corrected chi connectivity index (χ0v) is 11.9. The lowest BCUT2D eigenvalue weighted by Crippen LogP contribution is -2.47. The van der Waals surface area contributed by atoms with Crippen LogP contribution in [0, 0.1) is 0 Å².